The number of carbonyl (C=O) groups excluding carboxylic acids is 1. The zero-order chi connectivity index (χ0) is 17.9. The quantitative estimate of drug-likeness (QED) is 0.806. The fourth-order valence-corrected chi connectivity index (χ4v) is 4.31. The molecule has 1 aliphatic carbocycles. The Morgan fingerprint density at radius 3 is 2.00 bits per heavy atom. The summed E-state index contributed by atoms with van der Waals surface area (Å²) in [7, 11) is 2.16. The largest absolute Gasteiger partial charge is 0.354 e. The highest BCUT2D eigenvalue weighted by molar-refractivity contribution is 5.79. The van der Waals surface area contributed by atoms with Crippen LogP contribution in [0.2, 0.25) is 0 Å². The third-order valence-corrected chi connectivity index (χ3v) is 6.09. The lowest BCUT2D eigenvalue weighted by atomic mass is 10.1. The average molecular weight is 358 g/mol. The first-order valence-electron chi connectivity index (χ1n) is 10.00. The summed E-state index contributed by atoms with van der Waals surface area (Å²) in [6.07, 6.45) is 6.27. The predicted molar refractivity (Wildman–Crippen MR) is 102 cm³/mol. The van der Waals surface area contributed by atoms with Gasteiger partial charge >= 0.3 is 0 Å². The molecular formula is C19H30N6O. The Bertz CT molecular complexity index is 616. The van der Waals surface area contributed by atoms with Crippen molar-refractivity contribution >= 4 is 17.5 Å². The lowest BCUT2D eigenvalue weighted by Gasteiger charge is -2.37. The summed E-state index contributed by atoms with van der Waals surface area (Å²) in [5.74, 6) is 2.67. The molecule has 4 rings (SSSR count). The number of piperazine rings is 2. The minimum atomic E-state index is 0.282. The van der Waals surface area contributed by atoms with Crippen LogP contribution in [0.3, 0.4) is 0 Å². The number of aromatic nitrogens is 2. The van der Waals surface area contributed by atoms with E-state index in [0.717, 1.165) is 76.8 Å². The van der Waals surface area contributed by atoms with Crippen molar-refractivity contribution in [2.75, 3.05) is 69.2 Å². The maximum atomic E-state index is 12.6. The minimum absolute atomic E-state index is 0.282. The second-order valence-corrected chi connectivity index (χ2v) is 7.82. The highest BCUT2D eigenvalue weighted by Gasteiger charge is 2.29. The summed E-state index contributed by atoms with van der Waals surface area (Å²) in [5.41, 5.74) is 0. The Morgan fingerprint density at radius 2 is 1.42 bits per heavy atom. The molecule has 142 valence electrons. The van der Waals surface area contributed by atoms with E-state index in [1.807, 2.05) is 0 Å². The van der Waals surface area contributed by atoms with Gasteiger partial charge in [0.25, 0.3) is 0 Å². The van der Waals surface area contributed by atoms with Gasteiger partial charge in [0.05, 0.1) is 0 Å². The van der Waals surface area contributed by atoms with Crippen LogP contribution in [-0.4, -0.2) is 85.1 Å². The van der Waals surface area contributed by atoms with Crippen LogP contribution >= 0.6 is 0 Å². The lowest BCUT2D eigenvalue weighted by Crippen LogP contribution is -2.50. The van der Waals surface area contributed by atoms with E-state index in [2.05, 4.69) is 42.7 Å². The Morgan fingerprint density at radius 1 is 0.885 bits per heavy atom. The monoisotopic (exact) mass is 358 g/mol. The van der Waals surface area contributed by atoms with Crippen LogP contribution in [0.5, 0.6) is 0 Å². The molecule has 3 fully saturated rings. The SMILES string of the molecule is CN1CCN(c2cc(N3CCN(C(=O)C4CCCC4)CC3)ncn2)CC1. The van der Waals surface area contributed by atoms with E-state index >= 15 is 0 Å². The van der Waals surface area contributed by atoms with Crippen LogP contribution < -0.4 is 9.80 Å². The van der Waals surface area contributed by atoms with Crippen LogP contribution in [0.25, 0.3) is 0 Å². The van der Waals surface area contributed by atoms with Gasteiger partial charge in [-0.3, -0.25) is 4.79 Å². The molecule has 3 aliphatic rings. The van der Waals surface area contributed by atoms with Crippen molar-refractivity contribution in [1.82, 2.24) is 19.8 Å². The molecule has 0 unspecified atom stereocenters. The van der Waals surface area contributed by atoms with Crippen LogP contribution in [0.15, 0.2) is 12.4 Å². The molecule has 7 heteroatoms. The second-order valence-electron chi connectivity index (χ2n) is 7.82. The molecule has 0 spiro atoms. The van der Waals surface area contributed by atoms with Gasteiger partial charge in [0.15, 0.2) is 0 Å². The zero-order valence-electron chi connectivity index (χ0n) is 15.8. The molecule has 3 heterocycles. The maximum absolute atomic E-state index is 12.6. The van der Waals surface area contributed by atoms with Crippen molar-refractivity contribution < 1.29 is 4.79 Å². The third kappa shape index (κ3) is 3.77. The molecule has 0 aromatic carbocycles. The minimum Gasteiger partial charge on any atom is -0.354 e. The Kier molecular flexibility index (Phi) is 5.24. The molecule has 2 aliphatic heterocycles. The number of rotatable bonds is 3. The summed E-state index contributed by atoms with van der Waals surface area (Å²) < 4.78 is 0. The van der Waals surface area contributed by atoms with Crippen molar-refractivity contribution in [3.05, 3.63) is 12.4 Å². The van der Waals surface area contributed by atoms with Gasteiger partial charge < -0.3 is 19.6 Å². The molecule has 0 radical (unpaired) electrons. The molecule has 2 saturated heterocycles. The van der Waals surface area contributed by atoms with Crippen molar-refractivity contribution in [2.45, 2.75) is 25.7 Å². The van der Waals surface area contributed by atoms with Crippen LogP contribution in [0.1, 0.15) is 25.7 Å². The zero-order valence-corrected chi connectivity index (χ0v) is 15.8. The van der Waals surface area contributed by atoms with Crippen molar-refractivity contribution in [3.8, 4) is 0 Å². The summed E-state index contributed by atoms with van der Waals surface area (Å²) in [4.78, 5) is 30.6. The van der Waals surface area contributed by atoms with E-state index < -0.39 is 0 Å². The number of hydrogen-bond donors (Lipinski definition) is 0. The van der Waals surface area contributed by atoms with E-state index in [1.54, 1.807) is 6.33 Å². The molecule has 0 atom stereocenters. The fraction of sp³-hybridized carbons (Fsp3) is 0.737. The summed E-state index contributed by atoms with van der Waals surface area (Å²) in [6, 6.07) is 2.11. The number of hydrogen-bond acceptors (Lipinski definition) is 6. The van der Waals surface area contributed by atoms with Gasteiger partial charge in [-0.1, -0.05) is 12.8 Å². The number of amides is 1. The third-order valence-electron chi connectivity index (χ3n) is 6.09. The molecule has 7 nitrogen and oxygen atoms in total. The molecule has 1 aromatic heterocycles. The van der Waals surface area contributed by atoms with Crippen molar-refractivity contribution in [1.29, 1.82) is 0 Å². The van der Waals surface area contributed by atoms with Gasteiger partial charge in [0.1, 0.15) is 18.0 Å². The van der Waals surface area contributed by atoms with E-state index in [4.69, 9.17) is 0 Å². The molecule has 0 bridgehead atoms. The highest BCUT2D eigenvalue weighted by Crippen LogP contribution is 2.27. The number of likely N-dealkylation sites (N-methyl/N-ethyl adjacent to an activating group) is 1. The van der Waals surface area contributed by atoms with Gasteiger partial charge in [-0.05, 0) is 19.9 Å². The Hall–Kier alpha value is -1.89. The van der Waals surface area contributed by atoms with Crippen molar-refractivity contribution in [2.24, 2.45) is 5.92 Å². The molecule has 26 heavy (non-hydrogen) atoms. The summed E-state index contributed by atoms with van der Waals surface area (Å²) >= 11 is 0. The fourth-order valence-electron chi connectivity index (χ4n) is 4.31. The van der Waals surface area contributed by atoms with Gasteiger partial charge in [0.2, 0.25) is 5.91 Å². The first kappa shape index (κ1) is 17.5. The molecule has 0 N–H and O–H groups in total. The van der Waals surface area contributed by atoms with Crippen LogP contribution in [0.4, 0.5) is 11.6 Å². The number of anilines is 2. The Labute approximate surface area is 156 Å². The van der Waals surface area contributed by atoms with Gasteiger partial charge in [-0.25, -0.2) is 9.97 Å². The lowest BCUT2D eigenvalue weighted by molar-refractivity contribution is -0.135. The van der Waals surface area contributed by atoms with Crippen molar-refractivity contribution in [3.63, 3.8) is 0 Å². The topological polar surface area (TPSA) is 55.8 Å². The predicted octanol–water partition coefficient (Wildman–Crippen LogP) is 1.07. The van der Waals surface area contributed by atoms with Gasteiger partial charge in [-0.15, -0.1) is 0 Å². The summed E-state index contributed by atoms with van der Waals surface area (Å²) in [5, 5.41) is 0. The molecule has 1 saturated carbocycles. The Balaban J connectivity index is 1.35. The first-order valence-corrected chi connectivity index (χ1v) is 10.00. The van der Waals surface area contributed by atoms with Gasteiger partial charge in [-0.2, -0.15) is 0 Å². The van der Waals surface area contributed by atoms with Gasteiger partial charge in [0, 0.05) is 64.3 Å². The number of nitrogens with zero attached hydrogens (tertiary/aromatic N) is 6. The molecule has 1 aromatic rings. The van der Waals surface area contributed by atoms with Crippen LogP contribution in [-0.2, 0) is 4.79 Å². The standard InChI is InChI=1S/C19H30N6O/c1-22-6-8-23(9-7-22)17-14-18(21-15-20-17)24-10-12-25(13-11-24)19(26)16-4-2-3-5-16/h14-16H,2-13H2,1H3. The summed E-state index contributed by atoms with van der Waals surface area (Å²) in [6.45, 7) is 7.50. The van der Waals surface area contributed by atoms with E-state index in [0.29, 0.717) is 5.91 Å². The van der Waals surface area contributed by atoms with E-state index in [-0.39, 0.29) is 5.92 Å². The normalized spacial score (nSPS) is 22.9. The first-order chi connectivity index (χ1) is 12.7. The molecular weight excluding hydrogens is 328 g/mol. The number of carbonyl (C=O) groups is 1. The van der Waals surface area contributed by atoms with E-state index in [1.165, 1.54) is 12.8 Å². The molecule has 1 amide bonds. The smallest absolute Gasteiger partial charge is 0.225 e. The maximum Gasteiger partial charge on any atom is 0.225 e. The van der Waals surface area contributed by atoms with E-state index in [9.17, 15) is 4.79 Å². The van der Waals surface area contributed by atoms with Crippen LogP contribution in [0, 0.1) is 5.92 Å². The average Bonchev–Trinajstić information content (AvgIpc) is 3.23. The highest BCUT2D eigenvalue weighted by atomic mass is 16.2. The second kappa shape index (κ2) is 7.78.